The van der Waals surface area contributed by atoms with E-state index in [2.05, 4.69) is 5.32 Å². The molecule has 0 fully saturated rings. The van der Waals surface area contributed by atoms with Crippen molar-refractivity contribution in [2.24, 2.45) is 5.41 Å². The fraction of sp³-hybridized carbons (Fsp3) is 0.391. The lowest BCUT2D eigenvalue weighted by Crippen LogP contribution is -2.27. The first-order chi connectivity index (χ1) is 14.7. The molecule has 2 aromatic rings. The van der Waals surface area contributed by atoms with Gasteiger partial charge < -0.3 is 29.4 Å². The highest BCUT2D eigenvalue weighted by Gasteiger charge is 2.27. The summed E-state index contributed by atoms with van der Waals surface area (Å²) in [5, 5.41) is 11.9. The number of amides is 1. The van der Waals surface area contributed by atoms with Crippen LogP contribution >= 0.6 is 0 Å². The molecule has 0 unspecified atom stereocenters. The van der Waals surface area contributed by atoms with Gasteiger partial charge in [0.2, 0.25) is 12.7 Å². The minimum absolute atomic E-state index is 0.0315. The third kappa shape index (κ3) is 4.52. The Morgan fingerprint density at radius 2 is 1.94 bits per heavy atom. The van der Waals surface area contributed by atoms with Gasteiger partial charge in [0.25, 0.3) is 0 Å². The van der Waals surface area contributed by atoms with Crippen molar-refractivity contribution in [2.45, 2.75) is 39.7 Å². The number of hydrogen-bond donors (Lipinski definition) is 2. The molecule has 2 aliphatic rings. The molecule has 8 heteroatoms. The number of carboxylic acids is 1. The van der Waals surface area contributed by atoms with Crippen LogP contribution in [0.2, 0.25) is 0 Å². The number of hydrogen-bond acceptors (Lipinski definition) is 6. The summed E-state index contributed by atoms with van der Waals surface area (Å²) in [7, 11) is 0. The van der Waals surface area contributed by atoms with Crippen LogP contribution < -0.4 is 24.3 Å². The molecule has 31 heavy (non-hydrogen) atoms. The topological polar surface area (TPSA) is 103 Å². The van der Waals surface area contributed by atoms with E-state index in [0.29, 0.717) is 35.3 Å². The lowest BCUT2D eigenvalue weighted by atomic mass is 9.95. The number of benzene rings is 2. The van der Waals surface area contributed by atoms with E-state index in [9.17, 15) is 9.59 Å². The van der Waals surface area contributed by atoms with E-state index in [0.717, 1.165) is 11.1 Å². The van der Waals surface area contributed by atoms with E-state index in [-0.39, 0.29) is 31.6 Å². The smallest absolute Gasteiger partial charge is 0.304 e. The summed E-state index contributed by atoms with van der Waals surface area (Å²) in [4.78, 5) is 23.4. The first kappa shape index (κ1) is 20.8. The zero-order valence-electron chi connectivity index (χ0n) is 17.7. The third-order valence-electron chi connectivity index (χ3n) is 5.17. The quantitative estimate of drug-likeness (QED) is 0.720. The molecule has 2 heterocycles. The van der Waals surface area contributed by atoms with Crippen molar-refractivity contribution in [2.75, 3.05) is 18.7 Å². The van der Waals surface area contributed by atoms with Gasteiger partial charge in [0.15, 0.2) is 11.5 Å². The van der Waals surface area contributed by atoms with Crippen LogP contribution in [0.3, 0.4) is 0 Å². The predicted molar refractivity (Wildman–Crippen MR) is 112 cm³/mol. The maximum absolute atomic E-state index is 12.4. The van der Waals surface area contributed by atoms with Gasteiger partial charge in [-0.25, -0.2) is 0 Å². The summed E-state index contributed by atoms with van der Waals surface area (Å²) >= 11 is 0. The second kappa shape index (κ2) is 8.02. The Bertz CT molecular complexity index is 1030. The molecular formula is C23H25NO7. The first-order valence-electron chi connectivity index (χ1n) is 10.1. The predicted octanol–water partition coefficient (Wildman–Crippen LogP) is 3.93. The average molecular weight is 427 g/mol. The van der Waals surface area contributed by atoms with Crippen LogP contribution in [0.1, 0.15) is 44.2 Å². The standard InChI is InChI=1S/C23H25NO7/c1-23(2,3)22(27)24-15-6-14(21-19(8-15)30-12-31-21)11-28-16-4-5-17-13(7-20(25)26)10-29-18(17)9-16/h4-6,8-9,13H,7,10-12H2,1-3H3,(H,24,27)(H,25,26)/t13-/m1/s1. The van der Waals surface area contributed by atoms with Crippen molar-refractivity contribution in [3.8, 4) is 23.0 Å². The molecule has 2 N–H and O–H groups in total. The summed E-state index contributed by atoms with van der Waals surface area (Å²) in [6, 6.07) is 8.95. The highest BCUT2D eigenvalue weighted by molar-refractivity contribution is 5.95. The molecule has 2 aromatic carbocycles. The highest BCUT2D eigenvalue weighted by Crippen LogP contribution is 2.41. The van der Waals surface area contributed by atoms with Crippen molar-refractivity contribution < 1.29 is 33.6 Å². The molecule has 0 aromatic heterocycles. The van der Waals surface area contributed by atoms with Crippen LogP contribution in [-0.4, -0.2) is 30.4 Å². The number of carbonyl (C=O) groups is 2. The largest absolute Gasteiger partial charge is 0.492 e. The number of rotatable bonds is 6. The van der Waals surface area contributed by atoms with Gasteiger partial charge in [0.1, 0.15) is 18.1 Å². The van der Waals surface area contributed by atoms with E-state index in [4.69, 9.17) is 24.1 Å². The molecule has 1 amide bonds. The Hall–Kier alpha value is -3.42. The minimum Gasteiger partial charge on any atom is -0.492 e. The fourth-order valence-corrected chi connectivity index (χ4v) is 3.47. The Balaban J connectivity index is 1.50. The van der Waals surface area contributed by atoms with Gasteiger partial charge in [0.05, 0.1) is 13.0 Å². The fourth-order valence-electron chi connectivity index (χ4n) is 3.47. The number of nitrogens with one attached hydrogen (secondary N) is 1. The summed E-state index contributed by atoms with van der Waals surface area (Å²) in [6.45, 7) is 6.18. The molecule has 0 aliphatic carbocycles. The average Bonchev–Trinajstić information content (AvgIpc) is 3.32. The molecule has 0 saturated heterocycles. The monoisotopic (exact) mass is 427 g/mol. The summed E-state index contributed by atoms with van der Waals surface area (Å²) in [5.41, 5.74) is 1.69. The van der Waals surface area contributed by atoms with Crippen LogP contribution in [0.25, 0.3) is 0 Å². The summed E-state index contributed by atoms with van der Waals surface area (Å²) in [6.07, 6.45) is 0.0315. The van der Waals surface area contributed by atoms with Gasteiger partial charge >= 0.3 is 5.97 Å². The Kier molecular flexibility index (Phi) is 5.39. The second-order valence-electron chi connectivity index (χ2n) is 8.67. The second-order valence-corrected chi connectivity index (χ2v) is 8.67. The van der Waals surface area contributed by atoms with Gasteiger partial charge in [-0.1, -0.05) is 26.8 Å². The van der Waals surface area contributed by atoms with Crippen LogP contribution in [0.5, 0.6) is 23.0 Å². The Morgan fingerprint density at radius 3 is 2.68 bits per heavy atom. The third-order valence-corrected chi connectivity index (χ3v) is 5.17. The number of carboxylic acid groups (broad SMARTS) is 1. The van der Waals surface area contributed by atoms with Crippen LogP contribution in [0, 0.1) is 5.41 Å². The van der Waals surface area contributed by atoms with Crippen molar-refractivity contribution in [3.63, 3.8) is 0 Å². The molecule has 4 rings (SSSR count). The molecule has 0 bridgehead atoms. The highest BCUT2D eigenvalue weighted by atomic mass is 16.7. The zero-order chi connectivity index (χ0) is 22.2. The van der Waals surface area contributed by atoms with E-state index < -0.39 is 11.4 Å². The van der Waals surface area contributed by atoms with E-state index in [1.807, 2.05) is 32.9 Å². The molecule has 0 spiro atoms. The SMILES string of the molecule is CC(C)(C)C(=O)Nc1cc(COc2ccc3c(c2)OC[C@H]3CC(=O)O)c2c(c1)OCO2. The Morgan fingerprint density at radius 1 is 1.13 bits per heavy atom. The molecule has 2 aliphatic heterocycles. The molecule has 8 nitrogen and oxygen atoms in total. The normalized spacial score (nSPS) is 16.4. The number of aliphatic carboxylic acids is 1. The van der Waals surface area contributed by atoms with Crippen molar-refractivity contribution in [1.29, 1.82) is 0 Å². The lowest BCUT2D eigenvalue weighted by Gasteiger charge is -2.18. The van der Waals surface area contributed by atoms with Gasteiger partial charge in [-0.2, -0.15) is 0 Å². The first-order valence-corrected chi connectivity index (χ1v) is 10.1. The summed E-state index contributed by atoms with van der Waals surface area (Å²) in [5.74, 6) is 1.26. The van der Waals surface area contributed by atoms with E-state index in [1.54, 1.807) is 18.2 Å². The maximum atomic E-state index is 12.4. The molecule has 1 atom stereocenters. The maximum Gasteiger partial charge on any atom is 0.304 e. The Labute approximate surface area is 180 Å². The van der Waals surface area contributed by atoms with Crippen LogP contribution in [0.4, 0.5) is 5.69 Å². The molecular weight excluding hydrogens is 402 g/mol. The van der Waals surface area contributed by atoms with Gasteiger partial charge in [0, 0.05) is 40.3 Å². The molecule has 164 valence electrons. The van der Waals surface area contributed by atoms with Gasteiger partial charge in [-0.15, -0.1) is 0 Å². The van der Waals surface area contributed by atoms with Crippen molar-refractivity contribution in [1.82, 2.24) is 0 Å². The van der Waals surface area contributed by atoms with Crippen LogP contribution in [-0.2, 0) is 16.2 Å². The van der Waals surface area contributed by atoms with E-state index >= 15 is 0 Å². The number of anilines is 1. The minimum atomic E-state index is -0.851. The van der Waals surface area contributed by atoms with E-state index in [1.165, 1.54) is 0 Å². The van der Waals surface area contributed by atoms with Crippen molar-refractivity contribution >= 4 is 17.6 Å². The van der Waals surface area contributed by atoms with Gasteiger partial charge in [-0.05, 0) is 12.1 Å². The van der Waals surface area contributed by atoms with Crippen LogP contribution in [0.15, 0.2) is 30.3 Å². The molecule has 0 radical (unpaired) electrons. The summed E-state index contributed by atoms with van der Waals surface area (Å²) < 4.78 is 22.7. The zero-order valence-corrected chi connectivity index (χ0v) is 17.7. The molecule has 0 saturated carbocycles. The number of fused-ring (bicyclic) bond motifs is 2. The number of ether oxygens (including phenoxy) is 4. The number of carbonyl (C=O) groups excluding carboxylic acids is 1. The van der Waals surface area contributed by atoms with Gasteiger partial charge in [-0.3, -0.25) is 9.59 Å². The lowest BCUT2D eigenvalue weighted by molar-refractivity contribution is -0.137. The van der Waals surface area contributed by atoms with Crippen molar-refractivity contribution in [3.05, 3.63) is 41.5 Å².